The molecule has 0 aromatic carbocycles. The van der Waals surface area contributed by atoms with Crippen molar-refractivity contribution in [2.75, 3.05) is 42.8 Å². The van der Waals surface area contributed by atoms with E-state index >= 15 is 0 Å². The Balaban J connectivity index is 1.78. The van der Waals surface area contributed by atoms with Crippen LogP contribution >= 0.6 is 0 Å². The van der Waals surface area contributed by atoms with E-state index < -0.39 is 0 Å². The lowest BCUT2D eigenvalue weighted by molar-refractivity contribution is 0.101. The molecule has 3 rings (SSSR count). The van der Waals surface area contributed by atoms with Crippen molar-refractivity contribution in [2.45, 2.75) is 44.2 Å². The average molecular weight is 292 g/mol. The first-order chi connectivity index (χ1) is 10.3. The molecular weight excluding hydrogens is 268 g/mol. The lowest BCUT2D eigenvalue weighted by Gasteiger charge is -2.21. The monoisotopic (exact) mass is 292 g/mol. The number of nitrogens with zero attached hydrogens (tertiary/aromatic N) is 4. The summed E-state index contributed by atoms with van der Waals surface area (Å²) in [6.07, 6.45) is 6.03. The molecule has 2 heterocycles. The van der Waals surface area contributed by atoms with Crippen molar-refractivity contribution in [2.24, 2.45) is 0 Å². The molecule has 116 valence electrons. The van der Waals surface area contributed by atoms with Gasteiger partial charge in [-0.3, -0.25) is 0 Å². The normalized spacial score (nSPS) is 25.3. The maximum absolute atomic E-state index is 5.52. The van der Waals surface area contributed by atoms with Crippen molar-refractivity contribution in [1.29, 1.82) is 0 Å². The summed E-state index contributed by atoms with van der Waals surface area (Å²) in [6, 6.07) is 0.286. The number of aromatic nitrogens is 3. The highest BCUT2D eigenvalue weighted by Gasteiger charge is 2.28. The molecule has 21 heavy (non-hydrogen) atoms. The molecule has 1 saturated carbocycles. The van der Waals surface area contributed by atoms with Crippen LogP contribution in [0.3, 0.4) is 0 Å². The third-order valence-corrected chi connectivity index (χ3v) is 4.31. The lowest BCUT2D eigenvalue weighted by Crippen LogP contribution is -2.31. The summed E-state index contributed by atoms with van der Waals surface area (Å²) in [5.74, 6) is 2.02. The van der Waals surface area contributed by atoms with Gasteiger partial charge in [0.15, 0.2) is 0 Å². The zero-order valence-electron chi connectivity index (χ0n) is 12.8. The molecule has 2 unspecified atom stereocenters. The lowest BCUT2D eigenvalue weighted by atomic mass is 10.2. The van der Waals surface area contributed by atoms with Crippen molar-refractivity contribution in [3.63, 3.8) is 0 Å². The van der Waals surface area contributed by atoms with Crippen molar-refractivity contribution >= 4 is 17.8 Å². The Morgan fingerprint density at radius 1 is 1.05 bits per heavy atom. The highest BCUT2D eigenvalue weighted by atomic mass is 16.5. The van der Waals surface area contributed by atoms with E-state index in [-0.39, 0.29) is 12.1 Å². The Bertz CT molecular complexity index is 477. The topological polar surface area (TPSA) is 75.2 Å². The SMILES string of the molecule is CNc1nc(NC2CCCC2OC)nc(N2CCCC2)n1. The smallest absolute Gasteiger partial charge is 0.231 e. The van der Waals surface area contributed by atoms with Crippen LogP contribution in [0.5, 0.6) is 0 Å². The van der Waals surface area contributed by atoms with Gasteiger partial charge in [-0.15, -0.1) is 0 Å². The van der Waals surface area contributed by atoms with Gasteiger partial charge in [-0.05, 0) is 32.1 Å². The molecule has 1 aliphatic carbocycles. The maximum Gasteiger partial charge on any atom is 0.231 e. The number of methoxy groups -OCH3 is 1. The summed E-state index contributed by atoms with van der Waals surface area (Å²) in [7, 11) is 3.60. The third-order valence-electron chi connectivity index (χ3n) is 4.31. The van der Waals surface area contributed by atoms with Crippen LogP contribution in [-0.2, 0) is 4.74 Å². The summed E-state index contributed by atoms with van der Waals surface area (Å²) in [5, 5.41) is 6.45. The maximum atomic E-state index is 5.52. The Labute approximate surface area is 125 Å². The van der Waals surface area contributed by atoms with Gasteiger partial charge >= 0.3 is 0 Å². The zero-order chi connectivity index (χ0) is 14.7. The largest absolute Gasteiger partial charge is 0.379 e. The van der Waals surface area contributed by atoms with Gasteiger partial charge in [0.1, 0.15) is 0 Å². The minimum Gasteiger partial charge on any atom is -0.379 e. The predicted molar refractivity (Wildman–Crippen MR) is 82.9 cm³/mol. The third kappa shape index (κ3) is 3.18. The summed E-state index contributed by atoms with van der Waals surface area (Å²) in [5.41, 5.74) is 0. The average Bonchev–Trinajstić information content (AvgIpc) is 3.18. The minimum atomic E-state index is 0.245. The van der Waals surface area contributed by atoms with Gasteiger partial charge in [0.25, 0.3) is 0 Å². The van der Waals surface area contributed by atoms with Crippen LogP contribution in [0.1, 0.15) is 32.1 Å². The van der Waals surface area contributed by atoms with E-state index in [0.29, 0.717) is 11.9 Å². The van der Waals surface area contributed by atoms with E-state index in [0.717, 1.165) is 31.9 Å². The summed E-state index contributed by atoms with van der Waals surface area (Å²) in [4.78, 5) is 15.7. The van der Waals surface area contributed by atoms with Crippen LogP contribution in [0, 0.1) is 0 Å². The van der Waals surface area contributed by atoms with Gasteiger partial charge in [-0.2, -0.15) is 15.0 Å². The van der Waals surface area contributed by atoms with Crippen molar-refractivity contribution in [3.05, 3.63) is 0 Å². The Morgan fingerprint density at radius 2 is 1.81 bits per heavy atom. The molecule has 1 saturated heterocycles. The number of anilines is 3. The quantitative estimate of drug-likeness (QED) is 0.851. The van der Waals surface area contributed by atoms with E-state index in [4.69, 9.17) is 4.74 Å². The molecule has 1 aromatic heterocycles. The molecule has 7 heteroatoms. The van der Waals surface area contributed by atoms with Crippen molar-refractivity contribution < 1.29 is 4.74 Å². The van der Waals surface area contributed by atoms with Crippen molar-refractivity contribution in [1.82, 2.24) is 15.0 Å². The van der Waals surface area contributed by atoms with Crippen LogP contribution in [0.25, 0.3) is 0 Å². The molecule has 2 aliphatic rings. The fraction of sp³-hybridized carbons (Fsp3) is 0.786. The van der Waals surface area contributed by atoms with E-state index in [1.54, 1.807) is 7.11 Å². The highest BCUT2D eigenvalue weighted by molar-refractivity contribution is 5.44. The van der Waals surface area contributed by atoms with Crippen LogP contribution < -0.4 is 15.5 Å². The van der Waals surface area contributed by atoms with E-state index in [1.807, 2.05) is 7.05 Å². The van der Waals surface area contributed by atoms with Gasteiger partial charge in [0.05, 0.1) is 12.1 Å². The predicted octanol–water partition coefficient (Wildman–Crippen LogP) is 1.49. The second-order valence-corrected chi connectivity index (χ2v) is 5.68. The zero-order valence-corrected chi connectivity index (χ0v) is 12.8. The number of hydrogen-bond acceptors (Lipinski definition) is 7. The second-order valence-electron chi connectivity index (χ2n) is 5.68. The van der Waals surface area contributed by atoms with Gasteiger partial charge in [-0.1, -0.05) is 0 Å². The van der Waals surface area contributed by atoms with Gasteiger partial charge in [0, 0.05) is 27.2 Å². The van der Waals surface area contributed by atoms with Crippen LogP contribution in [0.15, 0.2) is 0 Å². The van der Waals surface area contributed by atoms with E-state index in [1.165, 1.54) is 19.3 Å². The first-order valence-corrected chi connectivity index (χ1v) is 7.78. The molecule has 0 radical (unpaired) electrons. The standard InChI is InChI=1S/C14H24N6O/c1-15-12-17-13(16-10-6-5-7-11(10)21-2)19-14(18-12)20-8-3-4-9-20/h10-11H,3-9H2,1-2H3,(H2,15,16,17,18,19). The van der Waals surface area contributed by atoms with Crippen LogP contribution in [0.2, 0.25) is 0 Å². The molecule has 2 N–H and O–H groups in total. The number of nitrogens with one attached hydrogen (secondary N) is 2. The Morgan fingerprint density at radius 3 is 2.52 bits per heavy atom. The highest BCUT2D eigenvalue weighted by Crippen LogP contribution is 2.25. The molecule has 1 aromatic rings. The van der Waals surface area contributed by atoms with Gasteiger partial charge in [-0.25, -0.2) is 0 Å². The molecular formula is C14H24N6O. The molecule has 2 fully saturated rings. The Hall–Kier alpha value is -1.63. The van der Waals surface area contributed by atoms with E-state index in [9.17, 15) is 0 Å². The number of ether oxygens (including phenoxy) is 1. The van der Waals surface area contributed by atoms with Crippen LogP contribution in [0.4, 0.5) is 17.8 Å². The molecule has 1 aliphatic heterocycles. The minimum absolute atomic E-state index is 0.245. The summed E-state index contributed by atoms with van der Waals surface area (Å²) >= 11 is 0. The first-order valence-electron chi connectivity index (χ1n) is 7.78. The fourth-order valence-electron chi connectivity index (χ4n) is 3.14. The fourth-order valence-corrected chi connectivity index (χ4v) is 3.14. The molecule has 2 atom stereocenters. The summed E-state index contributed by atoms with van der Waals surface area (Å²) < 4.78 is 5.52. The van der Waals surface area contributed by atoms with E-state index in [2.05, 4.69) is 30.5 Å². The van der Waals surface area contributed by atoms with Gasteiger partial charge < -0.3 is 20.3 Å². The molecule has 7 nitrogen and oxygen atoms in total. The van der Waals surface area contributed by atoms with Gasteiger partial charge in [0.2, 0.25) is 17.8 Å². The number of rotatable bonds is 5. The number of hydrogen-bond donors (Lipinski definition) is 2. The molecule has 0 bridgehead atoms. The Kier molecular flexibility index (Phi) is 4.38. The second kappa shape index (κ2) is 6.43. The summed E-state index contributed by atoms with van der Waals surface area (Å²) in [6.45, 7) is 2.05. The van der Waals surface area contributed by atoms with Crippen LogP contribution in [-0.4, -0.2) is 54.3 Å². The first kappa shape index (κ1) is 14.3. The van der Waals surface area contributed by atoms with Crippen molar-refractivity contribution in [3.8, 4) is 0 Å². The molecule has 0 spiro atoms. The molecule has 0 amide bonds.